The van der Waals surface area contributed by atoms with Gasteiger partial charge in [0.15, 0.2) is 0 Å². The van der Waals surface area contributed by atoms with Crippen molar-refractivity contribution >= 4 is 40.3 Å². The van der Waals surface area contributed by atoms with Crippen molar-refractivity contribution in [1.82, 2.24) is 0 Å². The van der Waals surface area contributed by atoms with Gasteiger partial charge >= 0.3 is 5.97 Å². The monoisotopic (exact) mass is 472 g/mol. The zero-order chi connectivity index (χ0) is 18.9. The van der Waals surface area contributed by atoms with Gasteiger partial charge in [-0.05, 0) is 36.2 Å². The maximum Gasteiger partial charge on any atom is 0.347 e. The minimum absolute atomic E-state index is 0.278. The van der Waals surface area contributed by atoms with Crippen molar-refractivity contribution in [1.29, 1.82) is 0 Å². The molecule has 0 aliphatic heterocycles. The van der Waals surface area contributed by atoms with Gasteiger partial charge in [0, 0.05) is 16.9 Å². The summed E-state index contributed by atoms with van der Waals surface area (Å²) in [5.74, 6) is 0.0683. The summed E-state index contributed by atoms with van der Waals surface area (Å²) >= 11 is 3.74. The van der Waals surface area contributed by atoms with Crippen LogP contribution < -0.4 is 0 Å². The molecule has 0 atom stereocenters. The Labute approximate surface area is 168 Å². The Morgan fingerprint density at radius 2 is 1.48 bits per heavy atom. The van der Waals surface area contributed by atoms with Gasteiger partial charge in [0.05, 0.1) is 0 Å². The molecule has 0 saturated carbocycles. The molecule has 0 heterocycles. The van der Waals surface area contributed by atoms with Crippen molar-refractivity contribution in [3.63, 3.8) is 0 Å². The van der Waals surface area contributed by atoms with Crippen molar-refractivity contribution in [2.75, 3.05) is 23.5 Å². The van der Waals surface area contributed by atoms with E-state index >= 15 is 0 Å². The molecule has 0 radical (unpaired) electrons. The molecule has 0 aromatic heterocycles. The van der Waals surface area contributed by atoms with E-state index in [0.717, 1.165) is 11.1 Å². The molecule has 0 aliphatic carbocycles. The molecule has 0 spiro atoms. The first-order chi connectivity index (χ1) is 12.0. The summed E-state index contributed by atoms with van der Waals surface area (Å²) in [5.41, 5.74) is 1.02. The van der Waals surface area contributed by atoms with E-state index < -0.39 is 11.6 Å². The first-order valence-electron chi connectivity index (χ1n) is 7.90. The van der Waals surface area contributed by atoms with E-state index in [0.29, 0.717) is 16.9 Å². The van der Waals surface area contributed by atoms with Crippen LogP contribution in [0.4, 0.5) is 0 Å². The lowest BCUT2D eigenvalue weighted by Gasteiger charge is -2.29. The van der Waals surface area contributed by atoms with Crippen LogP contribution in [0.5, 0.6) is 0 Å². The molecule has 5 heteroatoms. The molecule has 0 aliphatic rings. The number of ether oxygens (including phenoxy) is 1. The summed E-state index contributed by atoms with van der Waals surface area (Å²) in [4.78, 5) is 14.7. The molecular weight excluding hydrogens is 447 g/mol. The number of aliphatic hydroxyl groups is 1. The second kappa shape index (κ2) is 10.8. The highest BCUT2D eigenvalue weighted by molar-refractivity contribution is 14.1. The van der Waals surface area contributed by atoms with Crippen LogP contribution in [-0.4, -0.2) is 34.6 Å². The first-order valence-corrected chi connectivity index (χ1v) is 11.5. The highest BCUT2D eigenvalue weighted by atomic mass is 127. The van der Waals surface area contributed by atoms with Gasteiger partial charge in [-0.3, -0.25) is 0 Å². The van der Waals surface area contributed by atoms with Crippen LogP contribution in [0.3, 0.4) is 0 Å². The number of hydrogen-bond donors (Lipinski definition) is 1. The Hall–Kier alpha value is -1.05. The van der Waals surface area contributed by atoms with Gasteiger partial charge in [-0.1, -0.05) is 71.1 Å². The smallest absolute Gasteiger partial charge is 0.347 e. The molecule has 25 heavy (non-hydrogen) atoms. The zero-order valence-corrected chi connectivity index (χ0v) is 18.1. The normalized spacial score (nSPS) is 10.6. The Bertz CT molecular complexity index is 643. The topological polar surface area (TPSA) is 46.5 Å². The molecule has 2 rings (SSSR count). The molecule has 3 nitrogen and oxygen atoms in total. The largest absolute Gasteiger partial charge is 0.462 e. The third-order valence-electron chi connectivity index (χ3n) is 3.89. The van der Waals surface area contributed by atoms with Crippen LogP contribution >= 0.6 is 34.4 Å². The highest BCUT2D eigenvalue weighted by Crippen LogP contribution is 2.35. The second-order valence-electron chi connectivity index (χ2n) is 5.47. The third kappa shape index (κ3) is 5.21. The molecule has 0 saturated heterocycles. The van der Waals surface area contributed by atoms with Gasteiger partial charge < -0.3 is 9.84 Å². The maximum absolute atomic E-state index is 12.8. The minimum Gasteiger partial charge on any atom is -0.462 e. The fourth-order valence-corrected chi connectivity index (χ4v) is 2.89. The van der Waals surface area contributed by atoms with Gasteiger partial charge in [0.25, 0.3) is 0 Å². The van der Waals surface area contributed by atoms with Crippen molar-refractivity contribution in [3.8, 4) is 0 Å². The predicted octanol–water partition coefficient (Wildman–Crippen LogP) is 4.50. The number of aryl methyl sites for hydroxylation is 2. The lowest BCUT2D eigenvalue weighted by Crippen LogP contribution is -2.40. The van der Waals surface area contributed by atoms with E-state index in [1.54, 1.807) is 23.9 Å². The van der Waals surface area contributed by atoms with Crippen LogP contribution in [0.1, 0.15) is 22.3 Å². The Morgan fingerprint density at radius 3 is 1.88 bits per heavy atom. The number of thioether (sulfide) groups is 1. The number of halogens is 1. The summed E-state index contributed by atoms with van der Waals surface area (Å²) < 4.78 is 5.36. The highest BCUT2D eigenvalue weighted by Gasteiger charge is 2.43. The number of hydrogen-bond acceptors (Lipinski definition) is 4. The van der Waals surface area contributed by atoms with Gasteiger partial charge in [0.2, 0.25) is 5.60 Å². The van der Waals surface area contributed by atoms with Crippen molar-refractivity contribution in [2.45, 2.75) is 19.4 Å². The van der Waals surface area contributed by atoms with E-state index in [9.17, 15) is 9.90 Å². The number of carbonyl (C=O) groups is 1. The van der Waals surface area contributed by atoms with Crippen molar-refractivity contribution in [3.05, 3.63) is 70.8 Å². The van der Waals surface area contributed by atoms with Gasteiger partial charge in [-0.15, -0.1) is 0 Å². The van der Waals surface area contributed by atoms with Crippen LogP contribution in [-0.2, 0) is 15.1 Å². The lowest BCUT2D eigenvalue weighted by molar-refractivity contribution is -0.161. The molecule has 2 aromatic carbocycles. The second-order valence-corrected chi connectivity index (χ2v) is 6.45. The average Bonchev–Trinajstić information content (AvgIpc) is 2.63. The molecule has 1 N–H and O–H groups in total. The molecule has 0 fully saturated rings. The number of benzene rings is 2. The van der Waals surface area contributed by atoms with Crippen LogP contribution in [0, 0.1) is 13.8 Å². The number of esters is 1. The summed E-state index contributed by atoms with van der Waals surface area (Å²) in [6, 6.07) is 14.7. The molecule has 2 aromatic rings. The van der Waals surface area contributed by atoms with Crippen LogP contribution in [0.15, 0.2) is 48.5 Å². The molecule has 0 bridgehead atoms. The zero-order valence-electron chi connectivity index (χ0n) is 15.1. The van der Waals surface area contributed by atoms with Crippen LogP contribution in [0.25, 0.3) is 0 Å². The van der Waals surface area contributed by atoms with E-state index in [1.807, 2.05) is 61.4 Å². The number of alkyl halides is 1. The summed E-state index contributed by atoms with van der Waals surface area (Å²) in [7, 11) is 0. The molecule has 0 amide bonds. The summed E-state index contributed by atoms with van der Waals surface area (Å²) in [5, 5.41) is 11.4. The van der Waals surface area contributed by atoms with Gasteiger partial charge in [-0.2, -0.15) is 11.8 Å². The minimum atomic E-state index is -1.80. The number of rotatable bonds is 6. The fourth-order valence-electron chi connectivity index (χ4n) is 2.64. The third-order valence-corrected chi connectivity index (χ3v) is 4.46. The first kappa shape index (κ1) is 22.0. The fraction of sp³-hybridized carbons (Fsp3) is 0.350. The average molecular weight is 472 g/mol. The van der Waals surface area contributed by atoms with E-state index in [4.69, 9.17) is 4.74 Å². The quantitative estimate of drug-likeness (QED) is 0.291. The van der Waals surface area contributed by atoms with E-state index in [-0.39, 0.29) is 6.61 Å². The van der Waals surface area contributed by atoms with Crippen LogP contribution in [0.2, 0.25) is 0 Å². The van der Waals surface area contributed by atoms with Crippen molar-refractivity contribution in [2.24, 2.45) is 0 Å². The van der Waals surface area contributed by atoms with Gasteiger partial charge in [0.1, 0.15) is 6.61 Å². The Morgan fingerprint density at radius 1 is 1.04 bits per heavy atom. The summed E-state index contributed by atoms with van der Waals surface area (Å²) in [6.45, 7) is 4.04. The Balaban J connectivity index is 0.00000151. The predicted molar refractivity (Wildman–Crippen MR) is 115 cm³/mol. The lowest BCUT2D eigenvalue weighted by atomic mass is 9.82. The standard InChI is InChI=1S/C19H22O3S.CH3I/c1-14-8-4-6-10-16(14)19(21,18(20)22-12-13-23-3)17-11-7-5-9-15(17)2;1-2/h4-11,21H,12-13H2,1-3H3;1H3. The number of carbonyl (C=O) groups excluding carboxylic acids is 1. The molecular formula is C20H25IO3S. The van der Waals surface area contributed by atoms with Crippen molar-refractivity contribution < 1.29 is 14.6 Å². The van der Waals surface area contributed by atoms with Gasteiger partial charge in [-0.25, -0.2) is 4.79 Å². The maximum atomic E-state index is 12.8. The van der Waals surface area contributed by atoms with E-state index in [1.165, 1.54) is 0 Å². The molecule has 0 unspecified atom stereocenters. The summed E-state index contributed by atoms with van der Waals surface area (Å²) in [6.07, 6.45) is 1.95. The molecule has 136 valence electrons. The Kier molecular flexibility index (Phi) is 9.53. The SMILES string of the molecule is CI.CSCCOC(=O)C(O)(c1ccccc1C)c1ccccc1C. The van der Waals surface area contributed by atoms with E-state index in [2.05, 4.69) is 22.6 Å².